The summed E-state index contributed by atoms with van der Waals surface area (Å²) in [6, 6.07) is 4.36. The van der Waals surface area contributed by atoms with Crippen molar-refractivity contribution >= 4 is 44.4 Å². The van der Waals surface area contributed by atoms with Gasteiger partial charge >= 0.3 is 11.9 Å². The number of fused-ring (bicyclic) bond motifs is 1. The van der Waals surface area contributed by atoms with Crippen LogP contribution in [0.4, 0.5) is 0 Å². The van der Waals surface area contributed by atoms with E-state index in [2.05, 4.69) is 0 Å². The number of aromatic carboxylic acids is 2. The van der Waals surface area contributed by atoms with Crippen molar-refractivity contribution in [3.63, 3.8) is 0 Å². The van der Waals surface area contributed by atoms with Crippen LogP contribution in [0.5, 0.6) is 0 Å². The number of rotatable bonds is 3. The van der Waals surface area contributed by atoms with Gasteiger partial charge in [0.1, 0.15) is 4.90 Å². The quantitative estimate of drug-likeness (QED) is 0.735. The number of hydrogen-bond donors (Lipinski definition) is 3. The molecule has 7 nitrogen and oxygen atoms in total. The minimum atomic E-state index is -4.76. The lowest BCUT2D eigenvalue weighted by atomic mass is 9.99. The van der Waals surface area contributed by atoms with Crippen molar-refractivity contribution in [1.82, 2.24) is 0 Å². The second kappa shape index (κ2) is 4.99. The van der Waals surface area contributed by atoms with Crippen LogP contribution < -0.4 is 0 Å². The number of carboxylic acid groups (broad SMARTS) is 2. The third-order valence-electron chi connectivity index (χ3n) is 2.80. The van der Waals surface area contributed by atoms with Crippen molar-refractivity contribution in [2.45, 2.75) is 4.90 Å². The first kappa shape index (κ1) is 15.2. The summed E-state index contributed by atoms with van der Waals surface area (Å²) in [4.78, 5) is 21.7. The molecule has 3 N–H and O–H groups in total. The van der Waals surface area contributed by atoms with E-state index in [4.69, 9.17) is 26.4 Å². The summed E-state index contributed by atoms with van der Waals surface area (Å²) in [6.07, 6.45) is 0. The molecular formula is C12H7ClO7S. The molecule has 0 aliphatic heterocycles. The number of carbonyl (C=O) groups is 2. The minimum absolute atomic E-state index is 0.0934. The summed E-state index contributed by atoms with van der Waals surface area (Å²) >= 11 is 5.85. The van der Waals surface area contributed by atoms with Crippen LogP contribution in [-0.4, -0.2) is 35.1 Å². The maximum absolute atomic E-state index is 11.3. The Hall–Kier alpha value is -2.16. The Labute approximate surface area is 123 Å². The molecule has 0 spiro atoms. The van der Waals surface area contributed by atoms with Gasteiger partial charge in [-0.2, -0.15) is 8.42 Å². The van der Waals surface area contributed by atoms with Crippen LogP contribution in [0.25, 0.3) is 10.8 Å². The second-order valence-electron chi connectivity index (χ2n) is 4.05. The predicted octanol–water partition coefficient (Wildman–Crippen LogP) is 2.14. The average Bonchev–Trinajstić information content (AvgIpc) is 2.36. The van der Waals surface area contributed by atoms with Gasteiger partial charge in [0.25, 0.3) is 10.1 Å². The highest BCUT2D eigenvalue weighted by molar-refractivity contribution is 7.86. The summed E-state index contributed by atoms with van der Waals surface area (Å²) < 4.78 is 31.6. The van der Waals surface area contributed by atoms with E-state index in [1.807, 2.05) is 0 Å². The Morgan fingerprint density at radius 2 is 1.62 bits per heavy atom. The lowest BCUT2D eigenvalue weighted by molar-refractivity contribution is 0.0695. The van der Waals surface area contributed by atoms with E-state index >= 15 is 0 Å². The second-order valence-corrected chi connectivity index (χ2v) is 5.82. The third kappa shape index (κ3) is 2.56. The van der Waals surface area contributed by atoms with Crippen LogP contribution in [0.3, 0.4) is 0 Å². The monoisotopic (exact) mass is 330 g/mol. The molecule has 0 fully saturated rings. The van der Waals surface area contributed by atoms with Gasteiger partial charge in [-0.1, -0.05) is 23.7 Å². The summed E-state index contributed by atoms with van der Waals surface area (Å²) in [7, 11) is -4.76. The first-order valence-electron chi connectivity index (χ1n) is 5.34. The minimum Gasteiger partial charge on any atom is -0.478 e. The van der Waals surface area contributed by atoms with E-state index in [9.17, 15) is 18.0 Å². The smallest absolute Gasteiger partial charge is 0.336 e. The van der Waals surface area contributed by atoms with Gasteiger partial charge in [0.2, 0.25) is 0 Å². The number of halogens is 1. The number of benzene rings is 2. The predicted molar refractivity (Wildman–Crippen MR) is 72.7 cm³/mol. The van der Waals surface area contributed by atoms with Crippen molar-refractivity contribution in [2.24, 2.45) is 0 Å². The van der Waals surface area contributed by atoms with Gasteiger partial charge in [0.05, 0.1) is 16.1 Å². The molecule has 0 amide bonds. The van der Waals surface area contributed by atoms with Crippen molar-refractivity contribution in [2.75, 3.05) is 0 Å². The molecule has 110 valence electrons. The van der Waals surface area contributed by atoms with Gasteiger partial charge in [-0.25, -0.2) is 9.59 Å². The molecule has 0 bridgehead atoms. The molecule has 2 aromatic carbocycles. The van der Waals surface area contributed by atoms with E-state index < -0.39 is 37.5 Å². The Bertz CT molecular complexity index is 886. The highest BCUT2D eigenvalue weighted by Crippen LogP contribution is 2.35. The Morgan fingerprint density at radius 1 is 1.05 bits per heavy atom. The molecule has 0 saturated heterocycles. The van der Waals surface area contributed by atoms with Crippen molar-refractivity contribution in [3.05, 3.63) is 40.4 Å². The highest BCUT2D eigenvalue weighted by Gasteiger charge is 2.25. The van der Waals surface area contributed by atoms with E-state index in [1.165, 1.54) is 18.2 Å². The molecule has 2 rings (SSSR count). The first-order chi connectivity index (χ1) is 9.64. The van der Waals surface area contributed by atoms with Crippen molar-refractivity contribution in [1.29, 1.82) is 0 Å². The molecule has 2 aromatic rings. The number of hydrogen-bond acceptors (Lipinski definition) is 4. The summed E-state index contributed by atoms with van der Waals surface area (Å²) in [5, 5.41) is 17.5. The zero-order valence-corrected chi connectivity index (χ0v) is 11.6. The number of carboxylic acids is 2. The largest absolute Gasteiger partial charge is 0.478 e. The van der Waals surface area contributed by atoms with Crippen LogP contribution in [0, 0.1) is 0 Å². The highest BCUT2D eigenvalue weighted by atomic mass is 35.5. The van der Waals surface area contributed by atoms with Crippen LogP contribution in [0.2, 0.25) is 5.02 Å². The SMILES string of the molecule is O=C(O)c1cccc2c(Cl)c(S(=O)(=O)O)cc(C(=O)O)c12. The van der Waals surface area contributed by atoms with Crippen LogP contribution in [-0.2, 0) is 10.1 Å². The van der Waals surface area contributed by atoms with Gasteiger partial charge in [-0.15, -0.1) is 0 Å². The topological polar surface area (TPSA) is 129 Å². The lowest BCUT2D eigenvalue weighted by Gasteiger charge is -2.11. The first-order valence-corrected chi connectivity index (χ1v) is 7.15. The third-order valence-corrected chi connectivity index (χ3v) is 4.20. The van der Waals surface area contributed by atoms with E-state index in [-0.39, 0.29) is 16.3 Å². The maximum atomic E-state index is 11.3. The van der Waals surface area contributed by atoms with Crippen molar-refractivity contribution < 1.29 is 32.8 Å². The molecule has 0 aliphatic rings. The van der Waals surface area contributed by atoms with Crippen LogP contribution in [0.1, 0.15) is 20.7 Å². The zero-order valence-electron chi connectivity index (χ0n) is 10.1. The fourth-order valence-corrected chi connectivity index (χ4v) is 3.07. The average molecular weight is 331 g/mol. The van der Waals surface area contributed by atoms with Crippen LogP contribution in [0.15, 0.2) is 29.2 Å². The summed E-state index contributed by atoms with van der Waals surface area (Å²) in [5.41, 5.74) is -0.922. The zero-order chi connectivity index (χ0) is 15.9. The summed E-state index contributed by atoms with van der Waals surface area (Å²) in [6.45, 7) is 0. The molecule has 0 heterocycles. The standard InChI is InChI=1S/C12H7ClO7S/c13-10-5-2-1-3-6(11(14)15)9(5)7(12(16)17)4-8(10)21(18,19)20/h1-4H,(H,14,15)(H,16,17)(H,18,19,20). The molecule has 0 aliphatic carbocycles. The van der Waals surface area contributed by atoms with E-state index in [1.54, 1.807) is 0 Å². The van der Waals surface area contributed by atoms with Gasteiger partial charge in [0, 0.05) is 10.8 Å². The summed E-state index contributed by atoms with van der Waals surface area (Å²) in [5.74, 6) is -2.94. The Morgan fingerprint density at radius 3 is 2.10 bits per heavy atom. The molecule has 0 atom stereocenters. The normalized spacial score (nSPS) is 11.5. The van der Waals surface area contributed by atoms with E-state index in [0.717, 1.165) is 0 Å². The Balaban J connectivity index is 3.12. The van der Waals surface area contributed by atoms with Gasteiger partial charge in [-0.05, 0) is 12.1 Å². The van der Waals surface area contributed by atoms with Crippen LogP contribution >= 0.6 is 11.6 Å². The van der Waals surface area contributed by atoms with E-state index in [0.29, 0.717) is 6.07 Å². The fraction of sp³-hybridized carbons (Fsp3) is 0. The lowest BCUT2D eigenvalue weighted by Crippen LogP contribution is -2.08. The molecule has 0 saturated carbocycles. The Kier molecular flexibility index (Phi) is 3.62. The van der Waals surface area contributed by atoms with Gasteiger partial charge < -0.3 is 10.2 Å². The molecule has 0 radical (unpaired) electrons. The maximum Gasteiger partial charge on any atom is 0.336 e. The molecule has 0 unspecified atom stereocenters. The fourth-order valence-electron chi connectivity index (χ4n) is 1.96. The molecule has 21 heavy (non-hydrogen) atoms. The van der Waals surface area contributed by atoms with Gasteiger partial charge in [0.15, 0.2) is 0 Å². The molecular weight excluding hydrogens is 324 g/mol. The molecule has 9 heteroatoms. The molecule has 0 aromatic heterocycles. The van der Waals surface area contributed by atoms with Gasteiger partial charge in [-0.3, -0.25) is 4.55 Å². The van der Waals surface area contributed by atoms with Crippen molar-refractivity contribution in [3.8, 4) is 0 Å².